The van der Waals surface area contributed by atoms with E-state index in [0.29, 0.717) is 17.1 Å². The molecular formula is C38H34N4O3. The van der Waals surface area contributed by atoms with E-state index in [1.807, 2.05) is 25.1 Å². The monoisotopic (exact) mass is 594 g/mol. The minimum atomic E-state index is -1.01. The molecular weight excluding hydrogens is 560 g/mol. The summed E-state index contributed by atoms with van der Waals surface area (Å²) >= 11 is 0. The third kappa shape index (κ3) is 6.44. The van der Waals surface area contributed by atoms with Crippen molar-refractivity contribution in [2.75, 3.05) is 18.0 Å². The number of carboxylic acid groups (broad SMARTS) is 1. The van der Waals surface area contributed by atoms with Crippen molar-refractivity contribution in [2.45, 2.75) is 51.9 Å². The second kappa shape index (κ2) is 13.1. The van der Waals surface area contributed by atoms with E-state index in [9.17, 15) is 10.1 Å². The molecule has 0 atom stereocenters. The molecule has 3 aliphatic heterocycles. The lowest BCUT2D eigenvalue weighted by Crippen LogP contribution is -2.34. The second-order valence-electron chi connectivity index (χ2n) is 11.7. The van der Waals surface area contributed by atoms with Crippen molar-refractivity contribution in [1.29, 1.82) is 5.26 Å². The van der Waals surface area contributed by atoms with Gasteiger partial charge in [-0.05, 0) is 127 Å². The van der Waals surface area contributed by atoms with Crippen LogP contribution in [0.3, 0.4) is 0 Å². The molecule has 7 heteroatoms. The van der Waals surface area contributed by atoms with Gasteiger partial charge in [0.05, 0.1) is 12.6 Å². The van der Waals surface area contributed by atoms with Gasteiger partial charge in [-0.1, -0.05) is 36.4 Å². The Balaban J connectivity index is 1.29. The fraction of sp³-hybridized carbons (Fsp3) is 0.263. The van der Waals surface area contributed by atoms with Crippen molar-refractivity contribution in [3.05, 3.63) is 135 Å². The number of allylic oxidation sites excluding steroid dienone is 6. The number of hydrogen-bond acceptors (Lipinski definition) is 5. The molecule has 0 bridgehead atoms. The third-order valence-corrected chi connectivity index (χ3v) is 8.63. The topological polar surface area (TPSA) is 90.8 Å². The molecule has 0 fully saturated rings. The Morgan fingerprint density at radius 3 is 2.56 bits per heavy atom. The maximum absolute atomic E-state index is 11.1. The molecule has 0 saturated carbocycles. The Morgan fingerprint density at radius 2 is 1.84 bits per heavy atom. The highest BCUT2D eigenvalue weighted by atomic mass is 16.5. The number of carboxylic acids is 1. The molecule has 4 heterocycles. The number of anilines is 1. The molecule has 1 aromatic heterocycles. The van der Waals surface area contributed by atoms with Crippen LogP contribution >= 0.6 is 0 Å². The Morgan fingerprint density at radius 1 is 1.09 bits per heavy atom. The SMILES string of the molecule is [C-]#[N+]/C(C#N)=C1/C=C(C)OC(/C=C/c2cc3c4c(c2-c2ccc(CCCc5ccc(C(=O)O)nc5)cc2)CCCN4CCC3)=C1. The number of carbonyl (C=O) groups is 1. The average molecular weight is 595 g/mol. The van der Waals surface area contributed by atoms with Gasteiger partial charge in [0.2, 0.25) is 0 Å². The first kappa shape index (κ1) is 29.7. The van der Waals surface area contributed by atoms with Crippen molar-refractivity contribution >= 4 is 17.7 Å². The highest BCUT2D eigenvalue weighted by Crippen LogP contribution is 2.43. The standard InChI is InChI=1S/C38H34N4O3/c1-25-20-31(35(23-39)40-2)22-32(45-25)16-15-29-21-30-8-4-18-42-19-5-9-33(37(30)42)36(29)28-13-10-26(11-14-28)6-3-7-27-12-17-34(38(43)44)41-24-27/h10-17,20-22,24H,3-9,18-19H2,1H3,(H,43,44)/b16-15+,35-31-. The zero-order valence-electron chi connectivity index (χ0n) is 25.3. The van der Waals surface area contributed by atoms with Gasteiger partial charge in [0.1, 0.15) is 17.2 Å². The zero-order valence-corrected chi connectivity index (χ0v) is 25.3. The Bertz CT molecular complexity index is 1830. The van der Waals surface area contributed by atoms with E-state index in [1.54, 1.807) is 24.4 Å². The summed E-state index contributed by atoms with van der Waals surface area (Å²) in [6.07, 6.45) is 16.3. The summed E-state index contributed by atoms with van der Waals surface area (Å²) in [4.78, 5) is 21.0. The van der Waals surface area contributed by atoms with E-state index in [0.717, 1.165) is 69.2 Å². The largest absolute Gasteiger partial charge is 0.477 e. The van der Waals surface area contributed by atoms with Crippen LogP contribution < -0.4 is 4.90 Å². The van der Waals surface area contributed by atoms with Crippen molar-refractivity contribution in [3.63, 3.8) is 0 Å². The summed E-state index contributed by atoms with van der Waals surface area (Å²) in [7, 11) is 0. The van der Waals surface area contributed by atoms with Gasteiger partial charge in [0.25, 0.3) is 5.70 Å². The van der Waals surface area contributed by atoms with Crippen LogP contribution in [0, 0.1) is 17.9 Å². The van der Waals surface area contributed by atoms with Crippen LogP contribution in [0.5, 0.6) is 0 Å². The van der Waals surface area contributed by atoms with E-state index >= 15 is 0 Å². The molecule has 7 nitrogen and oxygen atoms in total. The number of pyridine rings is 1. The molecule has 0 aliphatic carbocycles. The van der Waals surface area contributed by atoms with E-state index in [1.165, 1.54) is 33.5 Å². The predicted molar refractivity (Wildman–Crippen MR) is 175 cm³/mol. The van der Waals surface area contributed by atoms with Crippen molar-refractivity contribution in [2.24, 2.45) is 0 Å². The fourth-order valence-corrected chi connectivity index (χ4v) is 6.59. The first-order valence-electron chi connectivity index (χ1n) is 15.4. The molecule has 45 heavy (non-hydrogen) atoms. The number of aromatic carboxylic acids is 1. The number of aryl methyl sites for hydroxylation is 3. The summed E-state index contributed by atoms with van der Waals surface area (Å²) < 4.78 is 5.97. The lowest BCUT2D eigenvalue weighted by Gasteiger charge is -2.38. The summed E-state index contributed by atoms with van der Waals surface area (Å²) in [6.45, 7) is 11.4. The molecule has 224 valence electrons. The normalized spacial score (nSPS) is 16.6. The van der Waals surface area contributed by atoms with Gasteiger partial charge in [-0.2, -0.15) is 0 Å². The minimum absolute atomic E-state index is 0.0513. The third-order valence-electron chi connectivity index (χ3n) is 8.63. The van der Waals surface area contributed by atoms with Crippen molar-refractivity contribution in [3.8, 4) is 17.2 Å². The van der Waals surface area contributed by atoms with Crippen molar-refractivity contribution in [1.82, 2.24) is 4.98 Å². The predicted octanol–water partition coefficient (Wildman–Crippen LogP) is 7.85. The van der Waals surface area contributed by atoms with E-state index in [-0.39, 0.29) is 11.4 Å². The first-order chi connectivity index (χ1) is 21.9. The lowest BCUT2D eigenvalue weighted by molar-refractivity contribution is 0.0690. The van der Waals surface area contributed by atoms with E-state index in [4.69, 9.17) is 16.4 Å². The molecule has 0 saturated heterocycles. The summed E-state index contributed by atoms with van der Waals surface area (Å²) in [5, 5.41) is 18.5. The van der Waals surface area contributed by atoms with Gasteiger partial charge in [-0.15, -0.1) is 0 Å². The van der Waals surface area contributed by atoms with Gasteiger partial charge in [0, 0.05) is 25.0 Å². The zero-order chi connectivity index (χ0) is 31.3. The van der Waals surface area contributed by atoms with Crippen LogP contribution in [0.4, 0.5) is 5.69 Å². The first-order valence-corrected chi connectivity index (χ1v) is 15.4. The highest BCUT2D eigenvalue weighted by molar-refractivity contribution is 5.86. The molecule has 0 unspecified atom stereocenters. The number of hydrogen-bond donors (Lipinski definition) is 1. The number of rotatable bonds is 8. The van der Waals surface area contributed by atoms with Crippen LogP contribution in [-0.2, 0) is 30.4 Å². The van der Waals surface area contributed by atoms with Gasteiger partial charge >= 0.3 is 5.97 Å². The molecule has 3 aromatic rings. The Labute approximate surface area is 263 Å². The van der Waals surface area contributed by atoms with Crippen LogP contribution in [0.15, 0.2) is 89.7 Å². The van der Waals surface area contributed by atoms with E-state index in [2.05, 4.69) is 51.1 Å². The minimum Gasteiger partial charge on any atom is -0.477 e. The number of nitrogens with zero attached hydrogens (tertiary/aromatic N) is 4. The second-order valence-corrected chi connectivity index (χ2v) is 11.7. The summed E-state index contributed by atoms with van der Waals surface area (Å²) in [6, 6.07) is 16.6. The molecule has 0 amide bonds. The summed E-state index contributed by atoms with van der Waals surface area (Å²) in [5.74, 6) is 0.234. The number of aromatic nitrogens is 1. The average Bonchev–Trinajstić information content (AvgIpc) is 3.05. The van der Waals surface area contributed by atoms with Crippen LogP contribution in [-0.4, -0.2) is 29.1 Å². The molecule has 6 rings (SSSR count). The van der Waals surface area contributed by atoms with Crippen LogP contribution in [0.1, 0.15) is 64.5 Å². The molecule has 1 N–H and O–H groups in total. The lowest BCUT2D eigenvalue weighted by atomic mass is 9.83. The Hall–Kier alpha value is -5.40. The maximum atomic E-state index is 11.1. The molecule has 0 spiro atoms. The van der Waals surface area contributed by atoms with Crippen LogP contribution in [0.25, 0.3) is 22.0 Å². The number of benzene rings is 2. The molecule has 3 aliphatic rings. The number of ether oxygens (including phenoxy) is 1. The van der Waals surface area contributed by atoms with Crippen LogP contribution in [0.2, 0.25) is 0 Å². The fourth-order valence-electron chi connectivity index (χ4n) is 6.59. The van der Waals surface area contributed by atoms with Gasteiger partial charge < -0.3 is 14.7 Å². The van der Waals surface area contributed by atoms with Gasteiger partial charge in [-0.3, -0.25) is 0 Å². The highest BCUT2D eigenvalue weighted by Gasteiger charge is 2.28. The van der Waals surface area contributed by atoms with E-state index < -0.39 is 5.97 Å². The quantitative estimate of drug-likeness (QED) is 0.211. The molecule has 0 radical (unpaired) electrons. The van der Waals surface area contributed by atoms with Gasteiger partial charge in [0.15, 0.2) is 0 Å². The van der Waals surface area contributed by atoms with Gasteiger partial charge in [-0.25, -0.2) is 19.9 Å². The summed E-state index contributed by atoms with van der Waals surface area (Å²) in [5.41, 5.74) is 10.8. The number of nitriles is 1. The maximum Gasteiger partial charge on any atom is 0.354 e. The smallest absolute Gasteiger partial charge is 0.354 e. The van der Waals surface area contributed by atoms with Crippen molar-refractivity contribution < 1.29 is 14.6 Å². The Kier molecular flexibility index (Phi) is 8.62. The molecule has 2 aromatic carbocycles.